The third kappa shape index (κ3) is 4.02. The minimum Gasteiger partial charge on any atom is -0.481 e. The first kappa shape index (κ1) is 16.1. The molecule has 20 heavy (non-hydrogen) atoms. The third-order valence-corrected chi connectivity index (χ3v) is 3.24. The number of carboxylic acid groups (broad SMARTS) is 1. The van der Waals surface area contributed by atoms with Crippen LogP contribution in [0.1, 0.15) is 20.3 Å². The van der Waals surface area contributed by atoms with Crippen molar-refractivity contribution in [2.75, 3.05) is 5.32 Å². The molecule has 2 N–H and O–H groups in total. The van der Waals surface area contributed by atoms with E-state index in [9.17, 15) is 19.7 Å². The molecule has 0 saturated heterocycles. The summed E-state index contributed by atoms with van der Waals surface area (Å²) in [4.78, 5) is 32.7. The standard InChI is InChI=1S/C12H13BrN2O5/c1-12(2,11(17)18)6-10(16)14-7-3-4-9(15(19)20)8(13)5-7/h3-5H,6H2,1-2H3,(H,14,16)(H,17,18). The molecule has 1 amide bonds. The van der Waals surface area contributed by atoms with Crippen molar-refractivity contribution in [2.24, 2.45) is 5.41 Å². The SMILES string of the molecule is CC(C)(CC(=O)Nc1ccc([N+](=O)[O-])c(Br)c1)C(=O)O. The number of amides is 1. The molecule has 1 aromatic rings. The molecule has 1 aromatic carbocycles. The average molecular weight is 345 g/mol. The zero-order valence-corrected chi connectivity index (χ0v) is 12.4. The molecule has 7 nitrogen and oxygen atoms in total. The van der Waals surface area contributed by atoms with E-state index >= 15 is 0 Å². The second-order valence-corrected chi connectivity index (χ2v) is 5.69. The number of aliphatic carboxylic acids is 1. The molecule has 0 saturated carbocycles. The van der Waals surface area contributed by atoms with Gasteiger partial charge in [0.1, 0.15) is 0 Å². The van der Waals surface area contributed by atoms with Crippen molar-refractivity contribution in [3.8, 4) is 0 Å². The minimum absolute atomic E-state index is 0.117. The van der Waals surface area contributed by atoms with Crippen LogP contribution in [-0.2, 0) is 9.59 Å². The fraction of sp³-hybridized carbons (Fsp3) is 0.333. The van der Waals surface area contributed by atoms with E-state index < -0.39 is 22.2 Å². The number of benzene rings is 1. The van der Waals surface area contributed by atoms with Gasteiger partial charge in [0.15, 0.2) is 0 Å². The molecule has 108 valence electrons. The van der Waals surface area contributed by atoms with E-state index in [1.54, 1.807) is 0 Å². The smallest absolute Gasteiger partial charge is 0.309 e. The van der Waals surface area contributed by atoms with Gasteiger partial charge in [-0.05, 0) is 41.9 Å². The van der Waals surface area contributed by atoms with Crippen LogP contribution in [0.3, 0.4) is 0 Å². The van der Waals surface area contributed by atoms with E-state index in [-0.39, 0.29) is 16.6 Å². The largest absolute Gasteiger partial charge is 0.481 e. The Morgan fingerprint density at radius 2 is 2.05 bits per heavy atom. The number of halogens is 1. The fourth-order valence-electron chi connectivity index (χ4n) is 1.41. The average Bonchev–Trinajstić information content (AvgIpc) is 2.26. The number of nitro benzene ring substituents is 1. The van der Waals surface area contributed by atoms with Crippen LogP contribution in [0.25, 0.3) is 0 Å². The summed E-state index contributed by atoms with van der Waals surface area (Å²) in [5, 5.41) is 22.1. The molecule has 8 heteroatoms. The summed E-state index contributed by atoms with van der Waals surface area (Å²) >= 11 is 3.04. The molecule has 0 spiro atoms. The van der Waals surface area contributed by atoms with Gasteiger partial charge in [-0.1, -0.05) is 0 Å². The molecule has 0 heterocycles. The van der Waals surface area contributed by atoms with E-state index in [0.29, 0.717) is 5.69 Å². The number of nitro groups is 1. The van der Waals surface area contributed by atoms with Gasteiger partial charge in [0.05, 0.1) is 14.8 Å². The molecule has 0 bridgehead atoms. The Morgan fingerprint density at radius 3 is 2.50 bits per heavy atom. The maximum Gasteiger partial charge on any atom is 0.309 e. The van der Waals surface area contributed by atoms with Crippen LogP contribution in [0.4, 0.5) is 11.4 Å². The summed E-state index contributed by atoms with van der Waals surface area (Å²) in [6.07, 6.45) is -0.197. The van der Waals surface area contributed by atoms with Crippen LogP contribution >= 0.6 is 15.9 Å². The normalized spacial score (nSPS) is 10.9. The number of carbonyl (C=O) groups excluding carboxylic acids is 1. The Morgan fingerprint density at radius 1 is 1.45 bits per heavy atom. The molecule has 0 unspecified atom stereocenters. The number of carbonyl (C=O) groups is 2. The number of rotatable bonds is 5. The minimum atomic E-state index is -1.18. The molecular weight excluding hydrogens is 332 g/mol. The number of nitrogens with zero attached hydrogens (tertiary/aromatic N) is 1. The number of hydrogen-bond donors (Lipinski definition) is 2. The van der Waals surface area contributed by atoms with Gasteiger partial charge in [-0.2, -0.15) is 0 Å². The highest BCUT2D eigenvalue weighted by atomic mass is 79.9. The van der Waals surface area contributed by atoms with Crippen molar-refractivity contribution in [3.63, 3.8) is 0 Å². The Balaban J connectivity index is 2.80. The molecule has 0 aliphatic heterocycles. The first-order valence-corrected chi connectivity index (χ1v) is 6.40. The van der Waals surface area contributed by atoms with Crippen LogP contribution in [0, 0.1) is 15.5 Å². The zero-order valence-electron chi connectivity index (χ0n) is 10.8. The van der Waals surface area contributed by atoms with Crippen LogP contribution < -0.4 is 5.32 Å². The van der Waals surface area contributed by atoms with E-state index in [1.165, 1.54) is 32.0 Å². The van der Waals surface area contributed by atoms with Gasteiger partial charge in [0.2, 0.25) is 5.91 Å². The highest BCUT2D eigenvalue weighted by molar-refractivity contribution is 9.10. The molecule has 0 aromatic heterocycles. The Kier molecular flexibility index (Phi) is 4.83. The third-order valence-electron chi connectivity index (χ3n) is 2.61. The molecular formula is C12H13BrN2O5. The monoisotopic (exact) mass is 344 g/mol. The lowest BCUT2D eigenvalue weighted by atomic mass is 9.89. The van der Waals surface area contributed by atoms with Crippen molar-refractivity contribution in [1.29, 1.82) is 0 Å². The Hall–Kier alpha value is -1.96. The molecule has 1 rings (SSSR count). The zero-order chi connectivity index (χ0) is 15.5. The van der Waals surface area contributed by atoms with Crippen LogP contribution in [0.5, 0.6) is 0 Å². The predicted octanol–water partition coefficient (Wildman–Crippen LogP) is 2.80. The van der Waals surface area contributed by atoms with Gasteiger partial charge in [-0.15, -0.1) is 0 Å². The van der Waals surface area contributed by atoms with Crippen molar-refractivity contribution < 1.29 is 19.6 Å². The lowest BCUT2D eigenvalue weighted by molar-refractivity contribution is -0.385. The van der Waals surface area contributed by atoms with Crippen molar-refractivity contribution in [3.05, 3.63) is 32.8 Å². The summed E-state index contributed by atoms with van der Waals surface area (Å²) in [5.41, 5.74) is -0.940. The molecule has 0 aliphatic rings. The van der Waals surface area contributed by atoms with Crippen molar-refractivity contribution >= 4 is 39.2 Å². The number of hydrogen-bond acceptors (Lipinski definition) is 4. The van der Waals surface area contributed by atoms with E-state index in [1.807, 2.05) is 0 Å². The number of nitrogens with one attached hydrogen (secondary N) is 1. The van der Waals surface area contributed by atoms with Crippen LogP contribution in [-0.4, -0.2) is 21.9 Å². The highest BCUT2D eigenvalue weighted by Crippen LogP contribution is 2.28. The summed E-state index contributed by atoms with van der Waals surface area (Å²) in [7, 11) is 0. The first-order chi connectivity index (χ1) is 9.13. The second kappa shape index (κ2) is 6.00. The van der Waals surface area contributed by atoms with Gasteiger partial charge in [0.25, 0.3) is 5.69 Å². The quantitative estimate of drug-likeness (QED) is 0.630. The lowest BCUT2D eigenvalue weighted by Crippen LogP contribution is -2.29. The first-order valence-electron chi connectivity index (χ1n) is 5.60. The van der Waals surface area contributed by atoms with Crippen molar-refractivity contribution in [1.82, 2.24) is 0 Å². The maximum absolute atomic E-state index is 11.7. The molecule has 0 radical (unpaired) electrons. The van der Waals surface area contributed by atoms with Gasteiger partial charge in [-0.25, -0.2) is 0 Å². The molecule has 0 fully saturated rings. The van der Waals surface area contributed by atoms with E-state index in [0.717, 1.165) is 0 Å². The van der Waals surface area contributed by atoms with Crippen LogP contribution in [0.2, 0.25) is 0 Å². The van der Waals surface area contributed by atoms with Gasteiger partial charge >= 0.3 is 5.97 Å². The summed E-state index contributed by atoms with van der Waals surface area (Å²) < 4.78 is 0.234. The lowest BCUT2D eigenvalue weighted by Gasteiger charge is -2.18. The fourth-order valence-corrected chi connectivity index (χ4v) is 1.94. The Labute approximate surface area is 123 Å². The Bertz CT molecular complexity index is 571. The molecule has 0 aliphatic carbocycles. The van der Waals surface area contributed by atoms with Gasteiger partial charge in [0, 0.05) is 18.2 Å². The van der Waals surface area contributed by atoms with Crippen molar-refractivity contribution in [2.45, 2.75) is 20.3 Å². The number of anilines is 1. The van der Waals surface area contributed by atoms with Gasteiger partial charge in [-0.3, -0.25) is 19.7 Å². The van der Waals surface area contributed by atoms with E-state index in [2.05, 4.69) is 21.2 Å². The van der Waals surface area contributed by atoms with E-state index in [4.69, 9.17) is 5.11 Å². The molecule has 0 atom stereocenters. The summed E-state index contributed by atoms with van der Waals surface area (Å²) in [6.45, 7) is 2.89. The summed E-state index contributed by atoms with van der Waals surface area (Å²) in [6, 6.07) is 4.03. The number of carboxylic acids is 1. The van der Waals surface area contributed by atoms with Gasteiger partial charge < -0.3 is 10.4 Å². The predicted molar refractivity (Wildman–Crippen MR) is 75.5 cm³/mol. The van der Waals surface area contributed by atoms with Crippen LogP contribution in [0.15, 0.2) is 22.7 Å². The highest BCUT2D eigenvalue weighted by Gasteiger charge is 2.30. The summed E-state index contributed by atoms with van der Waals surface area (Å²) in [5.74, 6) is -1.55. The second-order valence-electron chi connectivity index (χ2n) is 4.84. The maximum atomic E-state index is 11.7. The topological polar surface area (TPSA) is 110 Å².